The maximum Gasteiger partial charge on any atom is 0.340 e. The van der Waals surface area contributed by atoms with Crippen LogP contribution in [0.1, 0.15) is 155 Å². The molecule has 0 saturated carbocycles. The van der Waals surface area contributed by atoms with E-state index in [1.807, 2.05) is 0 Å². The lowest BCUT2D eigenvalue weighted by molar-refractivity contribution is -0.301. The number of ether oxygens (including phenoxy) is 12. The van der Waals surface area contributed by atoms with Gasteiger partial charge in [0, 0.05) is 13.2 Å². The molecular formula is C44H78O14. The predicted molar refractivity (Wildman–Crippen MR) is 220 cm³/mol. The van der Waals surface area contributed by atoms with E-state index in [2.05, 4.69) is 27.7 Å². The summed E-state index contributed by atoms with van der Waals surface area (Å²) in [5, 5.41) is 0. The molecule has 0 fully saturated rings. The maximum absolute atomic E-state index is 12.8. The lowest BCUT2D eigenvalue weighted by Gasteiger charge is -2.25. The molecule has 0 spiro atoms. The van der Waals surface area contributed by atoms with Gasteiger partial charge in [-0.2, -0.15) is 0 Å². The Bertz CT molecular complexity index is 1080. The predicted octanol–water partition coefficient (Wildman–Crippen LogP) is 9.37. The highest BCUT2D eigenvalue weighted by Crippen LogP contribution is 2.16. The minimum Gasteiger partial charge on any atom is -0.432 e. The average molecular weight is 831 g/mol. The summed E-state index contributed by atoms with van der Waals surface area (Å²) in [6.45, 7) is 25.6. The Morgan fingerprint density at radius 1 is 0.448 bits per heavy atom. The van der Waals surface area contributed by atoms with Crippen molar-refractivity contribution in [1.29, 1.82) is 0 Å². The Morgan fingerprint density at radius 2 is 0.759 bits per heavy atom. The topological polar surface area (TPSA) is 145 Å². The molecule has 0 aromatic heterocycles. The van der Waals surface area contributed by atoms with E-state index in [1.54, 1.807) is 55.4 Å². The summed E-state index contributed by atoms with van der Waals surface area (Å²) in [4.78, 5) is 25.5. The monoisotopic (exact) mass is 831 g/mol. The molecule has 0 aliphatic rings. The first kappa shape index (κ1) is 53.8. The van der Waals surface area contributed by atoms with Crippen LogP contribution in [0.5, 0.6) is 0 Å². The van der Waals surface area contributed by atoms with Crippen molar-refractivity contribution < 1.29 is 66.4 Å². The van der Waals surface area contributed by atoms with E-state index in [-0.39, 0.29) is 11.1 Å². The SMILES string of the molecule is CCCCC(CC)COCCOC(C)OC(C)OC(C)OC(C)OC(=O)c1ccc(C(=O)OC(C)OC(C)OC(C)OC(C)OCCOCC(CC)CCCC)cc1. The molecule has 1 aromatic rings. The quantitative estimate of drug-likeness (QED) is 0.0360. The van der Waals surface area contributed by atoms with Gasteiger partial charge in [-0.1, -0.05) is 66.2 Å². The van der Waals surface area contributed by atoms with Crippen LogP contribution >= 0.6 is 0 Å². The molecule has 0 amide bonds. The Kier molecular flexibility index (Phi) is 30.2. The van der Waals surface area contributed by atoms with Gasteiger partial charge in [0.05, 0.1) is 37.6 Å². The molecule has 10 unspecified atom stereocenters. The second-order valence-corrected chi connectivity index (χ2v) is 14.5. The first-order valence-electron chi connectivity index (χ1n) is 21.5. The van der Waals surface area contributed by atoms with Crippen LogP contribution in [-0.4, -0.2) is 102 Å². The van der Waals surface area contributed by atoms with Crippen LogP contribution in [0.4, 0.5) is 0 Å². The Balaban J connectivity index is 2.34. The van der Waals surface area contributed by atoms with Gasteiger partial charge in [0.2, 0.25) is 12.6 Å². The van der Waals surface area contributed by atoms with E-state index in [9.17, 15) is 9.59 Å². The number of unbranched alkanes of at least 4 members (excludes halogenated alkanes) is 2. The molecule has 1 aromatic carbocycles. The lowest BCUT2D eigenvalue weighted by atomic mass is 10.0. The third kappa shape index (κ3) is 26.1. The fourth-order valence-corrected chi connectivity index (χ4v) is 5.90. The molecule has 338 valence electrons. The first-order chi connectivity index (χ1) is 27.7. The molecule has 14 heteroatoms. The van der Waals surface area contributed by atoms with Gasteiger partial charge in [-0.05, 0) is 104 Å². The minimum atomic E-state index is -0.932. The standard InChI is InChI=1S/C44H78O14/c1-13-17-19-39(15-3)29-47-25-27-49-31(5)51-33(7)53-35(9)55-37(11)57-43(45)41-21-23-42(24-22-41)44(46)58-38(12)56-36(10)54-34(8)52-32(6)50-28-26-48-30-40(16-4)20-18-14-2/h21-24,31-40H,13-20,25-30H2,1-12H3. The van der Waals surface area contributed by atoms with Crippen molar-refractivity contribution in [2.24, 2.45) is 11.8 Å². The summed E-state index contributed by atoms with van der Waals surface area (Å²) < 4.78 is 68.0. The zero-order chi connectivity index (χ0) is 43.3. The summed E-state index contributed by atoms with van der Waals surface area (Å²) in [7, 11) is 0. The van der Waals surface area contributed by atoms with Crippen LogP contribution in [0.25, 0.3) is 0 Å². The molecule has 0 N–H and O–H groups in total. The van der Waals surface area contributed by atoms with Gasteiger partial charge >= 0.3 is 11.9 Å². The zero-order valence-corrected chi connectivity index (χ0v) is 37.7. The van der Waals surface area contributed by atoms with Crippen molar-refractivity contribution in [2.75, 3.05) is 39.6 Å². The number of hydrogen-bond acceptors (Lipinski definition) is 14. The summed E-state index contributed by atoms with van der Waals surface area (Å²) in [6, 6.07) is 5.85. The van der Waals surface area contributed by atoms with E-state index in [1.165, 1.54) is 62.8 Å². The van der Waals surface area contributed by atoms with E-state index in [4.69, 9.17) is 56.8 Å². The summed E-state index contributed by atoms with van der Waals surface area (Å²) >= 11 is 0. The molecule has 0 aliphatic carbocycles. The van der Waals surface area contributed by atoms with Crippen molar-refractivity contribution in [3.63, 3.8) is 0 Å². The minimum absolute atomic E-state index is 0.219. The summed E-state index contributed by atoms with van der Waals surface area (Å²) in [5.74, 6) is -0.121. The number of hydrogen-bond donors (Lipinski definition) is 0. The normalized spacial score (nSPS) is 17.0. The largest absolute Gasteiger partial charge is 0.432 e. The number of carbonyl (C=O) groups is 2. The molecule has 0 bridgehead atoms. The van der Waals surface area contributed by atoms with Crippen LogP contribution < -0.4 is 0 Å². The number of benzene rings is 1. The second-order valence-electron chi connectivity index (χ2n) is 14.5. The van der Waals surface area contributed by atoms with Crippen molar-refractivity contribution >= 4 is 11.9 Å². The summed E-state index contributed by atoms with van der Waals surface area (Å²) in [5.41, 5.74) is 0.439. The molecule has 1 rings (SSSR count). The van der Waals surface area contributed by atoms with Crippen molar-refractivity contribution in [1.82, 2.24) is 0 Å². The van der Waals surface area contributed by atoms with Crippen molar-refractivity contribution in [3.8, 4) is 0 Å². The number of carbonyl (C=O) groups excluding carboxylic acids is 2. The summed E-state index contributed by atoms with van der Waals surface area (Å²) in [6.07, 6.45) is 3.71. The molecule has 14 nitrogen and oxygen atoms in total. The molecule has 10 atom stereocenters. The molecular weight excluding hydrogens is 752 g/mol. The molecule has 0 saturated heterocycles. The first-order valence-corrected chi connectivity index (χ1v) is 21.5. The average Bonchev–Trinajstić information content (AvgIpc) is 3.16. The van der Waals surface area contributed by atoms with Crippen LogP contribution in [0.3, 0.4) is 0 Å². The highest BCUT2D eigenvalue weighted by molar-refractivity contribution is 5.93. The molecule has 58 heavy (non-hydrogen) atoms. The number of esters is 2. The third-order valence-electron chi connectivity index (χ3n) is 9.16. The van der Waals surface area contributed by atoms with Gasteiger partial charge in [-0.15, -0.1) is 0 Å². The van der Waals surface area contributed by atoms with Crippen LogP contribution in [0, 0.1) is 11.8 Å². The van der Waals surface area contributed by atoms with Crippen LogP contribution in [0.2, 0.25) is 0 Å². The lowest BCUT2D eigenvalue weighted by Crippen LogP contribution is -2.31. The van der Waals surface area contributed by atoms with Crippen LogP contribution in [-0.2, 0) is 56.8 Å². The van der Waals surface area contributed by atoms with Gasteiger partial charge in [0.25, 0.3) is 0 Å². The van der Waals surface area contributed by atoms with E-state index < -0.39 is 62.3 Å². The third-order valence-corrected chi connectivity index (χ3v) is 9.16. The Morgan fingerprint density at radius 3 is 1.07 bits per heavy atom. The number of rotatable bonds is 36. The van der Waals surface area contributed by atoms with Crippen molar-refractivity contribution in [2.45, 2.75) is 185 Å². The van der Waals surface area contributed by atoms with Gasteiger partial charge < -0.3 is 56.8 Å². The maximum atomic E-state index is 12.8. The fraction of sp³-hybridized carbons (Fsp3) is 0.818. The van der Waals surface area contributed by atoms with E-state index in [0.717, 1.165) is 26.1 Å². The van der Waals surface area contributed by atoms with Crippen LogP contribution in [0.15, 0.2) is 24.3 Å². The molecule has 0 radical (unpaired) electrons. The Hall–Kier alpha value is -2.24. The van der Waals surface area contributed by atoms with Crippen molar-refractivity contribution in [3.05, 3.63) is 35.4 Å². The van der Waals surface area contributed by atoms with Gasteiger partial charge in [0.1, 0.15) is 0 Å². The van der Waals surface area contributed by atoms with E-state index >= 15 is 0 Å². The van der Waals surface area contributed by atoms with Gasteiger partial charge in [0.15, 0.2) is 37.7 Å². The second kappa shape index (κ2) is 32.5. The van der Waals surface area contributed by atoms with Gasteiger partial charge in [-0.25, -0.2) is 9.59 Å². The fourth-order valence-electron chi connectivity index (χ4n) is 5.90. The van der Waals surface area contributed by atoms with Gasteiger partial charge in [-0.3, -0.25) is 0 Å². The highest BCUT2D eigenvalue weighted by Gasteiger charge is 2.21. The molecule has 0 aliphatic heterocycles. The highest BCUT2D eigenvalue weighted by atomic mass is 16.8. The smallest absolute Gasteiger partial charge is 0.340 e. The Labute approximate surface area is 349 Å². The molecule has 0 heterocycles. The zero-order valence-electron chi connectivity index (χ0n) is 37.7. The van der Waals surface area contributed by atoms with E-state index in [0.29, 0.717) is 38.3 Å².